The summed E-state index contributed by atoms with van der Waals surface area (Å²) in [7, 11) is -3.95. The van der Waals surface area contributed by atoms with Crippen LogP contribution in [0.25, 0.3) is 0 Å². The van der Waals surface area contributed by atoms with Gasteiger partial charge in [-0.25, -0.2) is 23.1 Å². The van der Waals surface area contributed by atoms with Gasteiger partial charge in [0.25, 0.3) is 0 Å². The Morgan fingerprint density at radius 1 is 1.40 bits per heavy atom. The Bertz CT molecular complexity index is 473. The minimum absolute atomic E-state index is 0.112. The van der Waals surface area contributed by atoms with Crippen molar-refractivity contribution in [3.8, 4) is 0 Å². The van der Waals surface area contributed by atoms with Crippen molar-refractivity contribution in [2.24, 2.45) is 5.90 Å². The molecule has 1 aromatic carbocycles. The van der Waals surface area contributed by atoms with Gasteiger partial charge in [-0.15, -0.1) is 0 Å². The van der Waals surface area contributed by atoms with E-state index in [-0.39, 0.29) is 12.2 Å². The van der Waals surface area contributed by atoms with Gasteiger partial charge in [0.1, 0.15) is 16.5 Å². The van der Waals surface area contributed by atoms with Crippen molar-refractivity contribution >= 4 is 9.84 Å². The molecule has 0 unspecified atom stereocenters. The summed E-state index contributed by atoms with van der Waals surface area (Å²) in [6.07, 6.45) is 0.724. The molecule has 2 N–H and O–H groups in total. The van der Waals surface area contributed by atoms with E-state index < -0.39 is 26.4 Å². The second kappa shape index (κ2) is 4.21. The first kappa shape index (κ1) is 12.0. The summed E-state index contributed by atoms with van der Waals surface area (Å²) in [5.41, 5.74) is -0.112. The molecule has 0 radical (unpaired) electrons. The second-order valence-corrected chi connectivity index (χ2v) is 4.89. The van der Waals surface area contributed by atoms with Crippen molar-refractivity contribution in [2.75, 3.05) is 6.26 Å². The van der Waals surface area contributed by atoms with Crippen molar-refractivity contribution < 1.29 is 22.0 Å². The molecule has 0 aliphatic rings. The lowest BCUT2D eigenvalue weighted by atomic mass is 10.2. The summed E-state index contributed by atoms with van der Waals surface area (Å²) >= 11 is 0. The van der Waals surface area contributed by atoms with Crippen molar-refractivity contribution in [3.63, 3.8) is 0 Å². The molecule has 15 heavy (non-hydrogen) atoms. The van der Waals surface area contributed by atoms with Crippen LogP contribution in [0.1, 0.15) is 5.56 Å². The molecule has 1 aromatic rings. The van der Waals surface area contributed by atoms with E-state index in [1.807, 2.05) is 0 Å². The molecule has 1 rings (SSSR count). The molecule has 0 saturated heterocycles. The number of hydrogen-bond donors (Lipinski definition) is 1. The van der Waals surface area contributed by atoms with Crippen LogP contribution >= 0.6 is 0 Å². The summed E-state index contributed by atoms with van der Waals surface area (Å²) < 4.78 is 48.7. The van der Waals surface area contributed by atoms with Crippen molar-refractivity contribution in [2.45, 2.75) is 11.5 Å². The molecule has 0 bridgehead atoms. The largest absolute Gasteiger partial charge is 0.300 e. The lowest BCUT2D eigenvalue weighted by Crippen LogP contribution is -2.09. The molecular formula is C8H9F2NO3S. The molecule has 0 atom stereocenters. The third-order valence-corrected chi connectivity index (χ3v) is 2.85. The summed E-state index contributed by atoms with van der Waals surface area (Å²) in [4.78, 5) is 3.20. The highest BCUT2D eigenvalue weighted by atomic mass is 32.2. The van der Waals surface area contributed by atoms with Gasteiger partial charge in [0.15, 0.2) is 9.84 Å². The van der Waals surface area contributed by atoms with Crippen LogP contribution in [0, 0.1) is 11.6 Å². The Morgan fingerprint density at radius 2 is 2.00 bits per heavy atom. The molecule has 0 heterocycles. The maximum Gasteiger partial charge on any atom is 0.181 e. The van der Waals surface area contributed by atoms with Gasteiger partial charge in [-0.1, -0.05) is 6.07 Å². The van der Waals surface area contributed by atoms with E-state index >= 15 is 0 Å². The van der Waals surface area contributed by atoms with Crippen molar-refractivity contribution in [1.82, 2.24) is 0 Å². The Kier molecular flexibility index (Phi) is 3.38. The molecule has 4 nitrogen and oxygen atoms in total. The zero-order valence-corrected chi connectivity index (χ0v) is 8.64. The number of hydrogen-bond acceptors (Lipinski definition) is 4. The zero-order valence-electron chi connectivity index (χ0n) is 7.83. The van der Waals surface area contributed by atoms with Gasteiger partial charge in [0.05, 0.1) is 6.61 Å². The molecule has 0 aromatic heterocycles. The fourth-order valence-corrected chi connectivity index (χ4v) is 1.99. The van der Waals surface area contributed by atoms with Crippen LogP contribution < -0.4 is 5.90 Å². The number of nitrogens with two attached hydrogens (primary N) is 1. The van der Waals surface area contributed by atoms with E-state index in [0.717, 1.165) is 18.4 Å². The maximum absolute atomic E-state index is 13.5. The molecule has 0 aliphatic heterocycles. The smallest absolute Gasteiger partial charge is 0.181 e. The van der Waals surface area contributed by atoms with Gasteiger partial charge < -0.3 is 0 Å². The molecule has 0 aliphatic carbocycles. The Labute approximate surface area is 85.5 Å². The molecule has 0 saturated carbocycles. The Hall–Kier alpha value is -1.05. The highest BCUT2D eigenvalue weighted by Crippen LogP contribution is 2.22. The predicted octanol–water partition coefficient (Wildman–Crippen LogP) is 0.759. The van der Waals surface area contributed by atoms with Crippen LogP contribution in [-0.2, 0) is 21.3 Å². The van der Waals surface area contributed by atoms with Gasteiger partial charge in [-0.3, -0.25) is 4.84 Å². The monoisotopic (exact) mass is 237 g/mol. The second-order valence-electron chi connectivity index (χ2n) is 2.93. The first-order valence-electron chi connectivity index (χ1n) is 3.86. The quantitative estimate of drug-likeness (QED) is 0.788. The Balaban J connectivity index is 3.44. The highest BCUT2D eigenvalue weighted by molar-refractivity contribution is 7.90. The molecule has 84 valence electrons. The van der Waals surface area contributed by atoms with E-state index in [1.165, 1.54) is 0 Å². The van der Waals surface area contributed by atoms with Gasteiger partial charge in [0.2, 0.25) is 0 Å². The summed E-state index contributed by atoms with van der Waals surface area (Å²) in [5.74, 6) is 2.42. The Morgan fingerprint density at radius 3 is 2.47 bits per heavy atom. The molecular weight excluding hydrogens is 228 g/mol. The van der Waals surface area contributed by atoms with Crippen LogP contribution in [-0.4, -0.2) is 14.7 Å². The van der Waals surface area contributed by atoms with Gasteiger partial charge in [-0.05, 0) is 6.07 Å². The molecule has 0 amide bonds. The first-order valence-corrected chi connectivity index (χ1v) is 5.75. The number of halogens is 2. The normalized spacial score (nSPS) is 11.7. The topological polar surface area (TPSA) is 69.4 Å². The van der Waals surface area contributed by atoms with E-state index in [9.17, 15) is 17.2 Å². The molecule has 7 heteroatoms. The summed E-state index contributed by atoms with van der Waals surface area (Å²) in [5, 5.41) is 0. The van der Waals surface area contributed by atoms with E-state index in [2.05, 4.69) is 4.84 Å². The van der Waals surface area contributed by atoms with E-state index in [1.54, 1.807) is 0 Å². The fourth-order valence-electron chi connectivity index (χ4n) is 1.11. The van der Waals surface area contributed by atoms with Crippen LogP contribution in [0.3, 0.4) is 0 Å². The number of rotatable bonds is 3. The SMILES string of the molecule is CS(=O)(=O)c1c(F)ccc(CON)c1F. The van der Waals surface area contributed by atoms with Gasteiger partial charge in [-0.2, -0.15) is 0 Å². The fraction of sp³-hybridized carbons (Fsp3) is 0.250. The average Bonchev–Trinajstić information content (AvgIpc) is 2.08. The van der Waals surface area contributed by atoms with Crippen LogP contribution in [0.15, 0.2) is 17.0 Å². The third-order valence-electron chi connectivity index (χ3n) is 1.74. The van der Waals surface area contributed by atoms with Crippen LogP contribution in [0.2, 0.25) is 0 Å². The third kappa shape index (κ3) is 2.49. The van der Waals surface area contributed by atoms with Crippen molar-refractivity contribution in [1.29, 1.82) is 0 Å². The van der Waals surface area contributed by atoms with E-state index in [4.69, 9.17) is 5.90 Å². The minimum Gasteiger partial charge on any atom is -0.300 e. The average molecular weight is 237 g/mol. The van der Waals surface area contributed by atoms with Crippen molar-refractivity contribution in [3.05, 3.63) is 29.3 Å². The molecule has 0 spiro atoms. The summed E-state index contributed by atoms with van der Waals surface area (Å²) in [6.45, 7) is -0.325. The summed E-state index contributed by atoms with van der Waals surface area (Å²) in [6, 6.07) is 1.93. The number of sulfone groups is 1. The number of benzene rings is 1. The zero-order chi connectivity index (χ0) is 11.6. The van der Waals surface area contributed by atoms with E-state index in [0.29, 0.717) is 0 Å². The predicted molar refractivity (Wildman–Crippen MR) is 48.4 cm³/mol. The lowest BCUT2D eigenvalue weighted by Gasteiger charge is -2.06. The highest BCUT2D eigenvalue weighted by Gasteiger charge is 2.22. The minimum atomic E-state index is -3.95. The van der Waals surface area contributed by atoms with Gasteiger partial charge in [0, 0.05) is 11.8 Å². The standard InChI is InChI=1S/C8H9F2NO3S/c1-15(12,13)8-6(9)3-2-5(4-14-11)7(8)10/h2-3H,4,11H2,1H3. The van der Waals surface area contributed by atoms with Gasteiger partial charge >= 0.3 is 0 Å². The van der Waals surface area contributed by atoms with Crippen LogP contribution in [0.5, 0.6) is 0 Å². The first-order chi connectivity index (χ1) is 6.88. The molecule has 0 fully saturated rings. The van der Waals surface area contributed by atoms with Crippen LogP contribution in [0.4, 0.5) is 8.78 Å². The lowest BCUT2D eigenvalue weighted by molar-refractivity contribution is 0.121. The maximum atomic E-state index is 13.5.